The quantitative estimate of drug-likeness (QED) is 0.697. The second kappa shape index (κ2) is 7.31. The zero-order valence-electron chi connectivity index (χ0n) is 14.7. The number of carbonyl (C=O) groups is 1. The summed E-state index contributed by atoms with van der Waals surface area (Å²) in [5, 5.41) is 4.34. The van der Waals surface area contributed by atoms with Crippen molar-refractivity contribution in [1.29, 1.82) is 0 Å². The topological polar surface area (TPSA) is 38.1 Å². The van der Waals surface area contributed by atoms with Crippen LogP contribution in [0.5, 0.6) is 0 Å². The van der Waals surface area contributed by atoms with E-state index in [2.05, 4.69) is 5.10 Å². The number of amides is 1. The lowest BCUT2D eigenvalue weighted by molar-refractivity contribution is 0.0708. The highest BCUT2D eigenvalue weighted by molar-refractivity contribution is 5.94. The SMILES string of the molecule is O=C(c1ccccc1F)N1CCC(c2cnn(-c3cccc(F)c3)c2)CC1. The van der Waals surface area contributed by atoms with Gasteiger partial charge in [0.1, 0.15) is 11.6 Å². The van der Waals surface area contributed by atoms with Gasteiger partial charge in [-0.05, 0) is 54.7 Å². The molecule has 0 atom stereocenters. The van der Waals surface area contributed by atoms with E-state index in [0.29, 0.717) is 18.8 Å². The van der Waals surface area contributed by atoms with Crippen LogP contribution < -0.4 is 0 Å². The lowest BCUT2D eigenvalue weighted by atomic mass is 9.91. The number of likely N-dealkylation sites (tertiary alicyclic amines) is 1. The fraction of sp³-hybridized carbons (Fsp3) is 0.238. The van der Waals surface area contributed by atoms with E-state index in [4.69, 9.17) is 0 Å². The molecule has 4 nitrogen and oxygen atoms in total. The molecule has 0 aliphatic carbocycles. The van der Waals surface area contributed by atoms with Gasteiger partial charge >= 0.3 is 0 Å². The van der Waals surface area contributed by atoms with Gasteiger partial charge in [-0.2, -0.15) is 5.10 Å². The van der Waals surface area contributed by atoms with E-state index in [-0.39, 0.29) is 23.2 Å². The number of nitrogens with zero attached hydrogens (tertiary/aromatic N) is 3. The molecule has 1 saturated heterocycles. The smallest absolute Gasteiger partial charge is 0.256 e. The second-order valence-electron chi connectivity index (χ2n) is 6.74. The van der Waals surface area contributed by atoms with Gasteiger partial charge in [0.05, 0.1) is 17.4 Å². The highest BCUT2D eigenvalue weighted by Crippen LogP contribution is 2.29. The molecule has 0 unspecified atom stereocenters. The van der Waals surface area contributed by atoms with Gasteiger partial charge in [0.15, 0.2) is 0 Å². The molecule has 2 heterocycles. The van der Waals surface area contributed by atoms with Crippen LogP contribution in [0.4, 0.5) is 8.78 Å². The van der Waals surface area contributed by atoms with Gasteiger partial charge in [-0.3, -0.25) is 4.79 Å². The molecule has 0 saturated carbocycles. The van der Waals surface area contributed by atoms with Crippen LogP contribution in [0.3, 0.4) is 0 Å². The molecular weight excluding hydrogens is 348 g/mol. The molecule has 0 radical (unpaired) electrons. The lowest BCUT2D eigenvalue weighted by Crippen LogP contribution is -2.38. The van der Waals surface area contributed by atoms with E-state index in [1.807, 2.05) is 6.20 Å². The third kappa shape index (κ3) is 3.60. The average Bonchev–Trinajstić information content (AvgIpc) is 3.18. The number of rotatable bonds is 3. The third-order valence-electron chi connectivity index (χ3n) is 5.03. The molecule has 1 aliphatic heterocycles. The van der Waals surface area contributed by atoms with Crippen LogP contribution in [0.1, 0.15) is 34.7 Å². The minimum absolute atomic E-state index is 0.120. The van der Waals surface area contributed by atoms with Crippen molar-refractivity contribution < 1.29 is 13.6 Å². The maximum atomic E-state index is 13.8. The van der Waals surface area contributed by atoms with Gasteiger partial charge in [0.25, 0.3) is 5.91 Å². The van der Waals surface area contributed by atoms with E-state index < -0.39 is 5.82 Å². The molecular formula is C21H19F2N3O. The van der Waals surface area contributed by atoms with Gasteiger partial charge in [-0.25, -0.2) is 13.5 Å². The first-order valence-electron chi connectivity index (χ1n) is 8.96. The summed E-state index contributed by atoms with van der Waals surface area (Å²) in [5.74, 6) is -0.774. The molecule has 27 heavy (non-hydrogen) atoms. The molecule has 0 spiro atoms. The first-order valence-corrected chi connectivity index (χ1v) is 8.96. The third-order valence-corrected chi connectivity index (χ3v) is 5.03. The molecule has 138 valence electrons. The molecule has 4 rings (SSSR count). The Balaban J connectivity index is 1.43. The van der Waals surface area contributed by atoms with Crippen molar-refractivity contribution in [3.05, 3.63) is 83.7 Å². The zero-order valence-corrected chi connectivity index (χ0v) is 14.7. The molecule has 1 fully saturated rings. The Morgan fingerprint density at radius 2 is 1.81 bits per heavy atom. The van der Waals surface area contributed by atoms with Crippen LogP contribution in [-0.2, 0) is 0 Å². The van der Waals surface area contributed by atoms with E-state index >= 15 is 0 Å². The highest BCUT2D eigenvalue weighted by atomic mass is 19.1. The second-order valence-corrected chi connectivity index (χ2v) is 6.74. The van der Waals surface area contributed by atoms with Crippen LogP contribution in [0.25, 0.3) is 5.69 Å². The lowest BCUT2D eigenvalue weighted by Gasteiger charge is -2.31. The predicted octanol–water partition coefficient (Wildman–Crippen LogP) is 4.17. The number of aromatic nitrogens is 2. The normalized spacial score (nSPS) is 15.1. The van der Waals surface area contributed by atoms with Crippen molar-refractivity contribution in [1.82, 2.24) is 14.7 Å². The Labute approximate surface area is 156 Å². The standard InChI is InChI=1S/C21H19F2N3O/c22-17-4-3-5-18(12-17)26-14-16(13-24-26)15-8-10-25(11-9-15)21(27)19-6-1-2-7-20(19)23/h1-7,12-15H,8-11H2. The molecule has 0 bridgehead atoms. The Morgan fingerprint density at radius 1 is 1.04 bits per heavy atom. The van der Waals surface area contributed by atoms with Crippen molar-refractivity contribution in [3.8, 4) is 5.69 Å². The summed E-state index contributed by atoms with van der Waals surface area (Å²) < 4.78 is 28.9. The summed E-state index contributed by atoms with van der Waals surface area (Å²) in [6.07, 6.45) is 5.28. The van der Waals surface area contributed by atoms with E-state index in [1.54, 1.807) is 40.0 Å². The Hall–Kier alpha value is -3.02. The minimum atomic E-state index is -0.485. The van der Waals surface area contributed by atoms with Gasteiger partial charge in [-0.15, -0.1) is 0 Å². The fourth-order valence-corrected chi connectivity index (χ4v) is 3.53. The number of benzene rings is 2. The number of piperidine rings is 1. The van der Waals surface area contributed by atoms with Crippen molar-refractivity contribution >= 4 is 5.91 Å². The van der Waals surface area contributed by atoms with Gasteiger partial charge in [0.2, 0.25) is 0 Å². The number of halogens is 2. The maximum absolute atomic E-state index is 13.8. The summed E-state index contributed by atoms with van der Waals surface area (Å²) in [7, 11) is 0. The summed E-state index contributed by atoms with van der Waals surface area (Å²) in [4.78, 5) is 14.2. The van der Waals surface area contributed by atoms with Crippen molar-refractivity contribution in [2.24, 2.45) is 0 Å². The first kappa shape index (κ1) is 17.4. The molecule has 6 heteroatoms. The fourth-order valence-electron chi connectivity index (χ4n) is 3.53. The summed E-state index contributed by atoms with van der Waals surface area (Å²) in [6.45, 7) is 1.14. The monoisotopic (exact) mass is 367 g/mol. The number of hydrogen-bond donors (Lipinski definition) is 0. The summed E-state index contributed by atoms with van der Waals surface area (Å²) in [6, 6.07) is 12.4. The van der Waals surface area contributed by atoms with Crippen molar-refractivity contribution in [3.63, 3.8) is 0 Å². The Kier molecular flexibility index (Phi) is 4.71. The maximum Gasteiger partial charge on any atom is 0.256 e. The van der Waals surface area contributed by atoms with Gasteiger partial charge < -0.3 is 4.90 Å². The molecule has 1 aromatic heterocycles. The summed E-state index contributed by atoms with van der Waals surface area (Å²) >= 11 is 0. The van der Waals surface area contributed by atoms with E-state index in [1.165, 1.54) is 24.3 Å². The largest absolute Gasteiger partial charge is 0.339 e. The summed E-state index contributed by atoms with van der Waals surface area (Å²) in [5.41, 5.74) is 1.86. The van der Waals surface area contributed by atoms with Crippen LogP contribution in [0.15, 0.2) is 60.9 Å². The number of carbonyl (C=O) groups excluding carboxylic acids is 1. The van der Waals surface area contributed by atoms with Crippen LogP contribution in [0, 0.1) is 11.6 Å². The van der Waals surface area contributed by atoms with E-state index in [0.717, 1.165) is 18.4 Å². The average molecular weight is 367 g/mol. The van der Waals surface area contributed by atoms with Gasteiger partial charge in [-0.1, -0.05) is 18.2 Å². The van der Waals surface area contributed by atoms with Crippen LogP contribution >= 0.6 is 0 Å². The Bertz CT molecular complexity index is 961. The molecule has 3 aromatic rings. The van der Waals surface area contributed by atoms with Crippen molar-refractivity contribution in [2.75, 3.05) is 13.1 Å². The zero-order chi connectivity index (χ0) is 18.8. The van der Waals surface area contributed by atoms with Crippen molar-refractivity contribution in [2.45, 2.75) is 18.8 Å². The minimum Gasteiger partial charge on any atom is -0.339 e. The Morgan fingerprint density at radius 3 is 2.56 bits per heavy atom. The van der Waals surface area contributed by atoms with Crippen LogP contribution in [0.2, 0.25) is 0 Å². The molecule has 1 amide bonds. The molecule has 1 aliphatic rings. The highest BCUT2D eigenvalue weighted by Gasteiger charge is 2.26. The predicted molar refractivity (Wildman–Crippen MR) is 97.8 cm³/mol. The molecule has 2 aromatic carbocycles. The van der Waals surface area contributed by atoms with Crippen LogP contribution in [-0.4, -0.2) is 33.7 Å². The van der Waals surface area contributed by atoms with Gasteiger partial charge in [0, 0.05) is 19.3 Å². The van der Waals surface area contributed by atoms with E-state index in [9.17, 15) is 13.6 Å². The number of hydrogen-bond acceptors (Lipinski definition) is 2. The first-order chi connectivity index (χ1) is 13.1. The molecule has 0 N–H and O–H groups in total.